The van der Waals surface area contributed by atoms with E-state index < -0.39 is 0 Å². The Morgan fingerprint density at radius 1 is 1.36 bits per heavy atom. The van der Waals surface area contributed by atoms with E-state index in [0.717, 1.165) is 10.9 Å². The lowest BCUT2D eigenvalue weighted by Crippen LogP contribution is -2.42. The fourth-order valence-corrected chi connectivity index (χ4v) is 3.52. The van der Waals surface area contributed by atoms with Crippen molar-refractivity contribution in [3.8, 4) is 0 Å². The number of nitrogens with one attached hydrogen (secondary N) is 1. The SMILES string of the molecule is CC(C)(C)NC(=O)CC1CSc2nc(C(C)(C)C)cc(=O)n21. The Morgan fingerprint density at radius 3 is 2.55 bits per heavy atom. The van der Waals surface area contributed by atoms with E-state index in [1.165, 1.54) is 0 Å². The molecule has 0 spiro atoms. The number of thioether (sulfide) groups is 1. The highest BCUT2D eigenvalue weighted by Gasteiger charge is 2.30. The number of aromatic nitrogens is 2. The van der Waals surface area contributed by atoms with E-state index in [9.17, 15) is 9.59 Å². The predicted molar refractivity (Wildman–Crippen MR) is 89.5 cm³/mol. The Bertz CT molecular complexity index is 638. The van der Waals surface area contributed by atoms with Crippen LogP contribution in [0.5, 0.6) is 0 Å². The molecule has 0 bridgehead atoms. The van der Waals surface area contributed by atoms with Gasteiger partial charge < -0.3 is 5.32 Å². The van der Waals surface area contributed by atoms with Crippen molar-refractivity contribution in [2.75, 3.05) is 5.75 Å². The van der Waals surface area contributed by atoms with Crippen molar-refractivity contribution in [3.63, 3.8) is 0 Å². The van der Waals surface area contributed by atoms with Crippen molar-refractivity contribution in [1.82, 2.24) is 14.9 Å². The van der Waals surface area contributed by atoms with Gasteiger partial charge >= 0.3 is 0 Å². The third-order valence-corrected chi connectivity index (χ3v) is 4.49. The Kier molecular flexibility index (Phi) is 4.44. The van der Waals surface area contributed by atoms with Gasteiger partial charge in [-0.1, -0.05) is 32.5 Å². The summed E-state index contributed by atoms with van der Waals surface area (Å²) in [4.78, 5) is 29.2. The van der Waals surface area contributed by atoms with Gasteiger partial charge in [0.05, 0.1) is 11.7 Å². The van der Waals surface area contributed by atoms with Gasteiger partial charge in [0.25, 0.3) is 5.56 Å². The van der Waals surface area contributed by atoms with Crippen LogP contribution in [0.4, 0.5) is 0 Å². The molecule has 1 aromatic heterocycles. The van der Waals surface area contributed by atoms with E-state index in [0.29, 0.717) is 12.2 Å². The zero-order valence-electron chi connectivity index (χ0n) is 14.2. The van der Waals surface area contributed by atoms with Gasteiger partial charge in [-0.15, -0.1) is 0 Å². The second kappa shape index (κ2) is 5.72. The number of rotatable bonds is 2. The number of carbonyl (C=O) groups is 1. The fourth-order valence-electron chi connectivity index (χ4n) is 2.37. The Hall–Kier alpha value is -1.30. The van der Waals surface area contributed by atoms with Gasteiger partial charge in [0.2, 0.25) is 5.91 Å². The maximum atomic E-state index is 12.4. The van der Waals surface area contributed by atoms with Crippen molar-refractivity contribution in [2.45, 2.75) is 70.1 Å². The van der Waals surface area contributed by atoms with Crippen molar-refractivity contribution in [2.24, 2.45) is 0 Å². The second-order valence-electron chi connectivity index (χ2n) is 7.85. The predicted octanol–water partition coefficient (Wildman–Crippen LogP) is 2.49. The van der Waals surface area contributed by atoms with Crippen molar-refractivity contribution in [3.05, 3.63) is 22.1 Å². The molecule has 2 heterocycles. The topological polar surface area (TPSA) is 64.0 Å². The highest BCUT2D eigenvalue weighted by Crippen LogP contribution is 2.33. The first-order chi connectivity index (χ1) is 9.97. The number of carbonyl (C=O) groups excluding carboxylic acids is 1. The van der Waals surface area contributed by atoms with Crippen LogP contribution in [0.15, 0.2) is 16.0 Å². The van der Waals surface area contributed by atoms with E-state index in [1.807, 2.05) is 41.5 Å². The highest BCUT2D eigenvalue weighted by molar-refractivity contribution is 7.99. The lowest BCUT2D eigenvalue weighted by molar-refractivity contribution is -0.123. The first-order valence-corrected chi connectivity index (χ1v) is 8.54. The van der Waals surface area contributed by atoms with Crippen LogP contribution in [0.2, 0.25) is 0 Å². The first-order valence-electron chi connectivity index (χ1n) is 7.55. The molecule has 0 saturated heterocycles. The number of hydrogen-bond acceptors (Lipinski definition) is 4. The number of hydrogen-bond donors (Lipinski definition) is 1. The fraction of sp³-hybridized carbons (Fsp3) is 0.688. The number of nitrogens with zero attached hydrogens (tertiary/aromatic N) is 2. The van der Waals surface area contributed by atoms with Crippen LogP contribution in [0.25, 0.3) is 0 Å². The number of amides is 1. The molecule has 2 rings (SSSR count). The molecule has 0 fully saturated rings. The second-order valence-corrected chi connectivity index (χ2v) is 8.84. The van der Waals surface area contributed by atoms with Crippen LogP contribution in [0.3, 0.4) is 0 Å². The molecule has 0 saturated carbocycles. The molecule has 1 aliphatic rings. The summed E-state index contributed by atoms with van der Waals surface area (Å²) in [5, 5.41) is 3.68. The third kappa shape index (κ3) is 3.91. The summed E-state index contributed by atoms with van der Waals surface area (Å²) in [6.45, 7) is 12.0. The molecule has 1 N–H and O–H groups in total. The van der Waals surface area contributed by atoms with E-state index in [4.69, 9.17) is 0 Å². The molecule has 122 valence electrons. The van der Waals surface area contributed by atoms with Crippen LogP contribution in [0, 0.1) is 0 Å². The van der Waals surface area contributed by atoms with Crippen LogP contribution >= 0.6 is 11.8 Å². The molecule has 0 aliphatic carbocycles. The van der Waals surface area contributed by atoms with Crippen LogP contribution in [-0.4, -0.2) is 26.8 Å². The summed E-state index contributed by atoms with van der Waals surface area (Å²) in [6, 6.07) is 1.49. The third-order valence-electron chi connectivity index (χ3n) is 3.39. The molecule has 1 aromatic rings. The minimum absolute atomic E-state index is 0.0299. The molecule has 1 atom stereocenters. The van der Waals surface area contributed by atoms with Gasteiger partial charge in [0, 0.05) is 29.2 Å². The van der Waals surface area contributed by atoms with Crippen molar-refractivity contribution < 1.29 is 4.79 Å². The standard InChI is InChI=1S/C16H25N3O2S/c1-15(2,3)11-8-13(21)19-10(9-22-14(19)17-11)7-12(20)18-16(4,5)6/h8,10H,7,9H2,1-6H3,(H,18,20). The van der Waals surface area contributed by atoms with Crippen LogP contribution in [0.1, 0.15) is 59.7 Å². The van der Waals surface area contributed by atoms with Gasteiger partial charge in [-0.05, 0) is 20.8 Å². The van der Waals surface area contributed by atoms with Gasteiger partial charge in [-0.3, -0.25) is 14.2 Å². The van der Waals surface area contributed by atoms with E-state index in [-0.39, 0.29) is 28.5 Å². The van der Waals surface area contributed by atoms with Crippen LogP contribution < -0.4 is 10.9 Å². The lowest BCUT2D eigenvalue weighted by Gasteiger charge is -2.22. The molecule has 1 amide bonds. The molecule has 1 aliphatic heterocycles. The Labute approximate surface area is 135 Å². The minimum atomic E-state index is -0.259. The molecule has 1 unspecified atom stereocenters. The summed E-state index contributed by atoms with van der Waals surface area (Å²) in [5.74, 6) is 0.686. The summed E-state index contributed by atoms with van der Waals surface area (Å²) < 4.78 is 1.67. The number of fused-ring (bicyclic) bond motifs is 1. The molecule has 0 radical (unpaired) electrons. The van der Waals surface area contributed by atoms with Gasteiger partial charge in [0.1, 0.15) is 0 Å². The van der Waals surface area contributed by atoms with Gasteiger partial charge in [-0.25, -0.2) is 4.98 Å². The van der Waals surface area contributed by atoms with E-state index in [2.05, 4.69) is 10.3 Å². The Morgan fingerprint density at radius 2 is 2.00 bits per heavy atom. The molecular weight excluding hydrogens is 298 g/mol. The summed E-state index contributed by atoms with van der Waals surface area (Å²) >= 11 is 1.55. The largest absolute Gasteiger partial charge is 0.351 e. The molecular formula is C16H25N3O2S. The minimum Gasteiger partial charge on any atom is -0.351 e. The Balaban J connectivity index is 2.23. The monoisotopic (exact) mass is 323 g/mol. The van der Waals surface area contributed by atoms with E-state index >= 15 is 0 Å². The maximum Gasteiger partial charge on any atom is 0.254 e. The molecule has 6 heteroatoms. The molecule has 22 heavy (non-hydrogen) atoms. The smallest absolute Gasteiger partial charge is 0.254 e. The van der Waals surface area contributed by atoms with Crippen LogP contribution in [-0.2, 0) is 10.2 Å². The summed E-state index contributed by atoms with van der Waals surface area (Å²) in [6.07, 6.45) is 0.313. The average molecular weight is 323 g/mol. The van der Waals surface area contributed by atoms with Gasteiger partial charge in [0.15, 0.2) is 5.16 Å². The van der Waals surface area contributed by atoms with Gasteiger partial charge in [-0.2, -0.15) is 0 Å². The normalized spacial score (nSPS) is 18.2. The zero-order chi connectivity index (χ0) is 16.7. The zero-order valence-corrected chi connectivity index (χ0v) is 15.0. The summed E-state index contributed by atoms with van der Waals surface area (Å²) in [5.41, 5.74) is 0.326. The quantitative estimate of drug-likeness (QED) is 0.849. The van der Waals surface area contributed by atoms with Crippen molar-refractivity contribution in [1.29, 1.82) is 0 Å². The molecule has 0 aromatic carbocycles. The maximum absolute atomic E-state index is 12.4. The van der Waals surface area contributed by atoms with E-state index in [1.54, 1.807) is 22.4 Å². The lowest BCUT2D eigenvalue weighted by atomic mass is 9.92. The highest BCUT2D eigenvalue weighted by atomic mass is 32.2. The summed E-state index contributed by atoms with van der Waals surface area (Å²) in [7, 11) is 0. The van der Waals surface area contributed by atoms with Crippen molar-refractivity contribution >= 4 is 17.7 Å². The first kappa shape index (κ1) is 17.1. The average Bonchev–Trinajstić information content (AvgIpc) is 2.68. The molecule has 5 nitrogen and oxygen atoms in total.